The fraction of sp³-hybridized carbons (Fsp3) is 0.140. The Labute approximate surface area is 551 Å². The molecule has 0 spiro atoms. The van der Waals surface area contributed by atoms with Crippen LogP contribution in [0.25, 0.3) is 152 Å². The third-order valence-electron chi connectivity index (χ3n) is 17.5. The molecule has 0 aliphatic heterocycles. The second kappa shape index (κ2) is 25.7. The van der Waals surface area contributed by atoms with Gasteiger partial charge in [0.15, 0.2) is 0 Å². The molecule has 16 rings (SSSR count). The van der Waals surface area contributed by atoms with Crippen molar-refractivity contribution in [2.75, 3.05) is 0 Å². The topological polar surface area (TPSA) is 0 Å². The molecule has 0 nitrogen and oxygen atoms in total. The van der Waals surface area contributed by atoms with Gasteiger partial charge in [0.1, 0.15) is 0 Å². The summed E-state index contributed by atoms with van der Waals surface area (Å²) in [7, 11) is 11.0. The molecule has 4 heteroatoms. The van der Waals surface area contributed by atoms with Gasteiger partial charge in [-0.25, -0.2) is 0 Å². The normalized spacial score (nSPS) is 11.8. The first-order valence-electron chi connectivity index (χ1n) is 31.4. The molecule has 90 heavy (non-hydrogen) atoms. The van der Waals surface area contributed by atoms with Crippen molar-refractivity contribution in [3.63, 3.8) is 0 Å². The van der Waals surface area contributed by atoms with Gasteiger partial charge in [0.25, 0.3) is 0 Å². The third kappa shape index (κ3) is 12.0. The maximum absolute atomic E-state index is 4.93. The average Bonchev–Trinajstić information content (AvgIpc) is 1.31. The van der Waals surface area contributed by atoms with Crippen molar-refractivity contribution in [2.24, 2.45) is 10.8 Å². The van der Waals surface area contributed by atoms with Crippen LogP contribution in [0.15, 0.2) is 267 Å². The van der Waals surface area contributed by atoms with E-state index in [0.717, 1.165) is 22.4 Å². The van der Waals surface area contributed by atoms with Crippen LogP contribution < -0.4 is 0 Å². The van der Waals surface area contributed by atoms with E-state index in [1.807, 2.05) is 0 Å². The molecule has 0 heterocycles. The van der Waals surface area contributed by atoms with Crippen molar-refractivity contribution in [1.82, 2.24) is 0 Å². The Morgan fingerprint density at radius 3 is 0.689 bits per heavy atom. The van der Waals surface area contributed by atoms with Gasteiger partial charge in [-0.05, 0) is 156 Å². The molecular weight excluding hydrogens is 1220 g/mol. The van der Waals surface area contributed by atoms with Crippen molar-refractivity contribution in [3.8, 4) is 44.5 Å². The zero-order valence-electron chi connectivity index (χ0n) is 52.6. The van der Waals surface area contributed by atoms with E-state index < -0.39 is 20.8 Å². The van der Waals surface area contributed by atoms with Crippen LogP contribution in [0.5, 0.6) is 0 Å². The predicted octanol–water partition coefficient (Wildman–Crippen LogP) is 26.4. The first kappa shape index (κ1) is 60.9. The fourth-order valence-electron chi connectivity index (χ4n) is 14.2. The van der Waals surface area contributed by atoms with E-state index in [-0.39, 0.29) is 10.8 Å². The molecule has 0 amide bonds. The van der Waals surface area contributed by atoms with Crippen LogP contribution >= 0.6 is 17.0 Å². The van der Waals surface area contributed by atoms with Crippen LogP contribution in [0.3, 0.4) is 0 Å². The van der Waals surface area contributed by atoms with Gasteiger partial charge in [0, 0.05) is 9.52 Å². The van der Waals surface area contributed by atoms with E-state index in [0.29, 0.717) is 0 Å². The van der Waals surface area contributed by atoms with Crippen LogP contribution in [-0.4, -0.2) is 9.52 Å². The van der Waals surface area contributed by atoms with Crippen LogP contribution in [0.1, 0.15) is 52.7 Å². The summed E-state index contributed by atoms with van der Waals surface area (Å²) in [6.07, 6.45) is 2.07. The van der Waals surface area contributed by atoms with Gasteiger partial charge < -0.3 is 0 Å². The second-order valence-electron chi connectivity index (χ2n) is 26.5. The van der Waals surface area contributed by atoms with Gasteiger partial charge in [-0.3, -0.25) is 0 Å². The molecule has 0 N–H and O–H groups in total. The minimum atomic E-state index is -0.826. The summed E-state index contributed by atoms with van der Waals surface area (Å²) < 4.78 is 0. The molecule has 0 aromatic heterocycles. The molecule has 2 radical (unpaired) electrons. The zero-order chi connectivity index (χ0) is 62.3. The summed E-state index contributed by atoms with van der Waals surface area (Å²) in [5, 5.41) is 26.1. The molecule has 0 aliphatic rings. The second-order valence-corrected chi connectivity index (χ2v) is 31.3. The summed E-state index contributed by atoms with van der Waals surface area (Å²) in [5.74, 6) is 0. The Hall–Kier alpha value is -7.94. The molecule has 0 fully saturated rings. The van der Waals surface area contributed by atoms with E-state index in [4.69, 9.17) is 17.0 Å². The monoisotopic (exact) mass is 1290 g/mol. The molecule has 0 aliphatic carbocycles. The van der Waals surface area contributed by atoms with Gasteiger partial charge in [-0.15, -0.1) is 44.8 Å². The van der Waals surface area contributed by atoms with E-state index in [2.05, 4.69) is 322 Å². The molecule has 438 valence electrons. The molecular formula is C86H72Cl2SiZr. The number of hydrogen-bond donors (Lipinski definition) is 0. The summed E-state index contributed by atoms with van der Waals surface area (Å²) in [6.45, 7) is 18.3. The number of rotatable bonds is 6. The first-order valence-corrected chi connectivity index (χ1v) is 39.7. The average molecular weight is 1300 g/mol. The number of benzene rings is 14. The number of fused-ring (bicyclic) bond motifs is 10. The summed E-state index contributed by atoms with van der Waals surface area (Å²) in [4.78, 5) is 0. The Kier molecular flexibility index (Phi) is 17.4. The van der Waals surface area contributed by atoms with Crippen LogP contribution in [0.4, 0.5) is 0 Å². The first-order chi connectivity index (χ1) is 43.7. The molecule has 16 aromatic carbocycles. The molecule has 0 saturated heterocycles. The minimum absolute atomic E-state index is 0.197. The zero-order valence-corrected chi connectivity index (χ0v) is 57.5. The predicted molar refractivity (Wildman–Crippen MR) is 396 cm³/mol. The molecule has 16 aromatic rings. The number of hydrogen-bond acceptors (Lipinski definition) is 0. The van der Waals surface area contributed by atoms with Crippen molar-refractivity contribution < 1.29 is 20.8 Å². The van der Waals surface area contributed by atoms with Crippen molar-refractivity contribution >= 4 is 134 Å². The van der Waals surface area contributed by atoms with Crippen LogP contribution in [0, 0.1) is 10.8 Å². The van der Waals surface area contributed by atoms with Crippen molar-refractivity contribution in [2.45, 2.75) is 67.5 Å². The summed E-state index contributed by atoms with van der Waals surface area (Å²) in [6, 6.07) is 99.6. The maximum atomic E-state index is 4.93. The van der Waals surface area contributed by atoms with Crippen LogP contribution in [-0.2, 0) is 33.7 Å². The Bertz CT molecular complexity index is 4480. The Morgan fingerprint density at radius 2 is 0.478 bits per heavy atom. The quantitative estimate of drug-likeness (QED) is 0.0884. The van der Waals surface area contributed by atoms with Gasteiger partial charge >= 0.3 is 37.9 Å². The van der Waals surface area contributed by atoms with Crippen molar-refractivity contribution in [1.29, 1.82) is 0 Å². The van der Waals surface area contributed by atoms with Crippen molar-refractivity contribution in [3.05, 3.63) is 278 Å². The molecule has 0 unspecified atom stereocenters. The van der Waals surface area contributed by atoms with E-state index >= 15 is 0 Å². The fourth-order valence-corrected chi connectivity index (χ4v) is 14.2. The van der Waals surface area contributed by atoms with Crippen LogP contribution in [0.2, 0.25) is 13.1 Å². The van der Waals surface area contributed by atoms with Gasteiger partial charge in [-0.1, -0.05) is 295 Å². The standard InChI is InChI=1S/2C42H33.C2H6Si.2ClH.Zr/c2*1-42(2,3)26-27-22-38-36(40-32-16-8-4-12-28(32)24-29-13-5-9-17-33(29)40)20-21-37(39(38)23-27)41-34-18-10-6-14-30(34)25-31-15-7-11-19-35(31)41;1-3-2;;;/h2*4-25H,26H2,1-3H3;1-2H3;2*1H;/q2*-1;;;;+4/p-2. The molecule has 0 saturated carbocycles. The Morgan fingerprint density at radius 1 is 0.289 bits per heavy atom. The van der Waals surface area contributed by atoms with Gasteiger partial charge in [0.05, 0.1) is 0 Å². The third-order valence-corrected chi connectivity index (χ3v) is 17.5. The van der Waals surface area contributed by atoms with E-state index in [1.54, 1.807) is 0 Å². The molecule has 0 bridgehead atoms. The summed E-state index contributed by atoms with van der Waals surface area (Å²) >= 11 is -0.826. The van der Waals surface area contributed by atoms with E-state index in [1.165, 1.54) is 163 Å². The number of halogens is 2. The van der Waals surface area contributed by atoms with E-state index in [9.17, 15) is 0 Å². The SMILES string of the molecule is CC(C)(C)Cc1cc2c(-c3c4ccccc4cc4ccccc34)ccc(-c3c4ccccc4cc4ccccc34)c2[cH-]1.CC(C)(C)Cc1cc2c(-c3c4ccccc4cc4ccccc34)ccc(-c3c4ccccc4cc4ccccc34)c2[cH-]1.C[Si]C.[Cl][Zr+2][Cl]. The Balaban J connectivity index is 0.000000152. The molecule has 0 atom stereocenters. The van der Waals surface area contributed by atoms with Gasteiger partial charge in [0.2, 0.25) is 0 Å². The summed E-state index contributed by atoms with van der Waals surface area (Å²) in [5.41, 5.74) is 13.8. The van der Waals surface area contributed by atoms with Gasteiger partial charge in [-0.2, -0.15) is 12.1 Å².